The maximum Gasteiger partial charge on any atom is 0.0620 e. The average molecular weight is 833 g/mol. The van der Waals surface area contributed by atoms with Crippen molar-refractivity contribution in [3.8, 4) is 0 Å². The largest absolute Gasteiger partial charge is 0.309 e. The van der Waals surface area contributed by atoms with Crippen LogP contribution in [0.3, 0.4) is 0 Å². The van der Waals surface area contributed by atoms with Gasteiger partial charge in [0.1, 0.15) is 0 Å². The summed E-state index contributed by atoms with van der Waals surface area (Å²) in [4.78, 5) is 5.12. The molecule has 0 unspecified atom stereocenters. The summed E-state index contributed by atoms with van der Waals surface area (Å²) in [6.07, 6.45) is 6.61. The van der Waals surface area contributed by atoms with Gasteiger partial charge in [-0.05, 0) is 141 Å². The summed E-state index contributed by atoms with van der Waals surface area (Å²) in [6.45, 7) is 27.8. The molecule has 7 aromatic rings. The van der Waals surface area contributed by atoms with E-state index in [0.29, 0.717) is 23.7 Å². The smallest absolute Gasteiger partial charge is 0.0620 e. The van der Waals surface area contributed by atoms with Crippen LogP contribution in [0.15, 0.2) is 133 Å². The molecule has 1 fully saturated rings. The van der Waals surface area contributed by atoms with Gasteiger partial charge in [0, 0.05) is 44.3 Å². The SMILES string of the molecule is CC(C)c1ccc(N(c2ccc(C(C)C)cc2)c2c3ccc(C(C)(C)C)cc3c(N(c3ccc(C(C)C)cc3)c3ccc(C4CCCCC4)cc3)c3ccc(C(C)(C)C)cc23)cc1. The first-order valence-electron chi connectivity index (χ1n) is 24.0. The van der Waals surface area contributed by atoms with E-state index >= 15 is 0 Å². The lowest BCUT2D eigenvalue weighted by Crippen LogP contribution is -2.17. The fourth-order valence-corrected chi connectivity index (χ4v) is 9.77. The first kappa shape index (κ1) is 44.3. The van der Waals surface area contributed by atoms with Gasteiger partial charge in [0.25, 0.3) is 0 Å². The molecule has 0 bridgehead atoms. The van der Waals surface area contributed by atoms with Crippen molar-refractivity contribution in [1.29, 1.82) is 0 Å². The highest BCUT2D eigenvalue weighted by atomic mass is 15.2. The van der Waals surface area contributed by atoms with E-state index in [1.165, 1.54) is 110 Å². The molecule has 8 rings (SSSR count). The molecular weight excluding hydrogens is 761 g/mol. The molecular formula is C61H72N2. The minimum absolute atomic E-state index is 0.0545. The molecule has 0 atom stereocenters. The highest BCUT2D eigenvalue weighted by molar-refractivity contribution is 6.23. The Balaban J connectivity index is 1.51. The number of benzene rings is 7. The molecule has 0 aliphatic heterocycles. The first-order chi connectivity index (χ1) is 30.0. The topological polar surface area (TPSA) is 6.48 Å². The molecule has 7 aromatic carbocycles. The summed E-state index contributed by atoms with van der Waals surface area (Å²) in [7, 11) is 0. The minimum Gasteiger partial charge on any atom is -0.309 e. The number of hydrogen-bond donors (Lipinski definition) is 0. The third-order valence-corrected chi connectivity index (χ3v) is 13.9. The van der Waals surface area contributed by atoms with Crippen LogP contribution in [0.1, 0.15) is 172 Å². The van der Waals surface area contributed by atoms with Crippen molar-refractivity contribution < 1.29 is 0 Å². The molecule has 2 nitrogen and oxygen atoms in total. The zero-order valence-corrected chi connectivity index (χ0v) is 40.4. The lowest BCUT2D eigenvalue weighted by molar-refractivity contribution is 0.443. The molecule has 63 heavy (non-hydrogen) atoms. The second-order valence-corrected chi connectivity index (χ2v) is 21.6. The van der Waals surface area contributed by atoms with E-state index in [9.17, 15) is 0 Å². The summed E-state index contributed by atoms with van der Waals surface area (Å²) >= 11 is 0. The van der Waals surface area contributed by atoms with Crippen LogP contribution in [0.25, 0.3) is 21.5 Å². The molecule has 2 heteroatoms. The minimum atomic E-state index is -0.0549. The number of fused-ring (bicyclic) bond motifs is 2. The molecule has 0 spiro atoms. The van der Waals surface area contributed by atoms with Gasteiger partial charge in [-0.1, -0.05) is 175 Å². The highest BCUT2D eigenvalue weighted by Gasteiger charge is 2.29. The van der Waals surface area contributed by atoms with E-state index < -0.39 is 0 Å². The molecule has 0 N–H and O–H groups in total. The zero-order chi connectivity index (χ0) is 44.8. The van der Waals surface area contributed by atoms with Crippen LogP contribution in [-0.4, -0.2) is 0 Å². The van der Waals surface area contributed by atoms with E-state index in [1.54, 1.807) is 0 Å². The molecule has 0 amide bonds. The van der Waals surface area contributed by atoms with E-state index in [-0.39, 0.29) is 10.8 Å². The standard InChI is InChI=1S/C61H72N2/c1-40(2)43-18-28-50(29-19-43)62(51-30-20-44(21-31-51)41(3)4)58-54-36-26-49(61(10,11)12)39-57(54)59(55-37-27-48(38-56(55)58)60(7,8)9)63(52-32-22-45(23-33-52)42(5)6)53-34-24-47(25-35-53)46-16-14-13-15-17-46/h18-42,46H,13-17H2,1-12H3. The Hall–Kier alpha value is -5.34. The summed E-state index contributed by atoms with van der Waals surface area (Å²) < 4.78 is 0. The molecule has 0 radical (unpaired) electrons. The van der Waals surface area contributed by atoms with Crippen LogP contribution >= 0.6 is 0 Å². The normalized spacial score (nSPS) is 14.1. The fourth-order valence-electron chi connectivity index (χ4n) is 9.77. The second-order valence-electron chi connectivity index (χ2n) is 21.6. The number of nitrogens with zero attached hydrogens (tertiary/aromatic N) is 2. The van der Waals surface area contributed by atoms with Crippen molar-refractivity contribution in [3.63, 3.8) is 0 Å². The predicted octanol–water partition coefficient (Wildman–Crippen LogP) is 18.9. The van der Waals surface area contributed by atoms with E-state index in [4.69, 9.17) is 0 Å². The number of anilines is 6. The molecule has 1 aliphatic carbocycles. The van der Waals surface area contributed by atoms with Gasteiger partial charge in [-0.3, -0.25) is 0 Å². The monoisotopic (exact) mass is 833 g/mol. The van der Waals surface area contributed by atoms with E-state index in [2.05, 4.69) is 226 Å². The van der Waals surface area contributed by atoms with Gasteiger partial charge in [-0.15, -0.1) is 0 Å². The molecule has 0 aromatic heterocycles. The van der Waals surface area contributed by atoms with Crippen molar-refractivity contribution in [3.05, 3.63) is 167 Å². The third kappa shape index (κ3) is 9.06. The fraction of sp³-hybridized carbons (Fsp3) is 0.377. The Morgan fingerprint density at radius 2 is 0.698 bits per heavy atom. The Morgan fingerprint density at radius 1 is 0.381 bits per heavy atom. The maximum absolute atomic E-state index is 2.58. The van der Waals surface area contributed by atoms with Crippen LogP contribution in [-0.2, 0) is 10.8 Å². The van der Waals surface area contributed by atoms with Gasteiger partial charge in [0.15, 0.2) is 0 Å². The highest BCUT2D eigenvalue weighted by Crippen LogP contribution is 2.53. The van der Waals surface area contributed by atoms with Crippen molar-refractivity contribution >= 4 is 55.7 Å². The quantitative estimate of drug-likeness (QED) is 0.100. The van der Waals surface area contributed by atoms with Crippen molar-refractivity contribution in [2.75, 3.05) is 9.80 Å². The Morgan fingerprint density at radius 3 is 1.00 bits per heavy atom. The number of hydrogen-bond acceptors (Lipinski definition) is 2. The summed E-state index contributed by atoms with van der Waals surface area (Å²) in [5.41, 5.74) is 15.2. The van der Waals surface area contributed by atoms with Gasteiger partial charge < -0.3 is 9.80 Å². The van der Waals surface area contributed by atoms with Crippen molar-refractivity contribution in [2.24, 2.45) is 0 Å². The average Bonchev–Trinajstić information content (AvgIpc) is 3.27. The lowest BCUT2D eigenvalue weighted by Gasteiger charge is -2.34. The van der Waals surface area contributed by atoms with Gasteiger partial charge in [-0.25, -0.2) is 0 Å². The molecule has 326 valence electrons. The van der Waals surface area contributed by atoms with Crippen molar-refractivity contribution in [2.45, 2.75) is 150 Å². The molecule has 1 saturated carbocycles. The molecule has 0 saturated heterocycles. The van der Waals surface area contributed by atoms with Crippen LogP contribution in [0.5, 0.6) is 0 Å². The number of rotatable bonds is 10. The lowest BCUT2D eigenvalue weighted by atomic mass is 9.82. The van der Waals surface area contributed by atoms with E-state index in [0.717, 1.165) is 11.4 Å². The van der Waals surface area contributed by atoms with Crippen LogP contribution in [0, 0.1) is 0 Å². The summed E-state index contributed by atoms with van der Waals surface area (Å²) in [5, 5.41) is 4.97. The third-order valence-electron chi connectivity index (χ3n) is 13.9. The van der Waals surface area contributed by atoms with Gasteiger partial charge in [0.2, 0.25) is 0 Å². The summed E-state index contributed by atoms with van der Waals surface area (Å²) in [6, 6.07) is 52.4. The summed E-state index contributed by atoms with van der Waals surface area (Å²) in [5.74, 6) is 1.99. The van der Waals surface area contributed by atoms with Crippen molar-refractivity contribution in [1.82, 2.24) is 0 Å². The van der Waals surface area contributed by atoms with E-state index in [1.807, 2.05) is 0 Å². The van der Waals surface area contributed by atoms with Gasteiger partial charge >= 0.3 is 0 Å². The molecule has 1 aliphatic rings. The maximum atomic E-state index is 2.58. The first-order valence-corrected chi connectivity index (χ1v) is 24.0. The molecule has 0 heterocycles. The Kier molecular flexibility index (Phi) is 12.4. The Bertz CT molecular complexity index is 2610. The predicted molar refractivity (Wildman–Crippen MR) is 276 cm³/mol. The van der Waals surface area contributed by atoms with Gasteiger partial charge in [0.05, 0.1) is 11.4 Å². The zero-order valence-electron chi connectivity index (χ0n) is 40.4. The Labute approximate surface area is 380 Å². The van der Waals surface area contributed by atoms with Crippen LogP contribution < -0.4 is 9.80 Å². The van der Waals surface area contributed by atoms with Gasteiger partial charge in [-0.2, -0.15) is 0 Å². The van der Waals surface area contributed by atoms with Crippen LogP contribution in [0.4, 0.5) is 34.1 Å². The van der Waals surface area contributed by atoms with Crippen LogP contribution in [0.2, 0.25) is 0 Å². The second kappa shape index (κ2) is 17.7.